The second kappa shape index (κ2) is 10.2. The van der Waals surface area contributed by atoms with Crippen molar-refractivity contribution >= 4 is 18.0 Å². The highest BCUT2D eigenvalue weighted by Crippen LogP contribution is 2.26. The van der Waals surface area contributed by atoms with Gasteiger partial charge >= 0.3 is 5.91 Å². The summed E-state index contributed by atoms with van der Waals surface area (Å²) in [6, 6.07) is 21.1. The molecule has 0 radical (unpaired) electrons. The van der Waals surface area contributed by atoms with Gasteiger partial charge in [0.15, 0.2) is 6.04 Å². The Labute approximate surface area is 199 Å². The van der Waals surface area contributed by atoms with E-state index in [4.69, 9.17) is 9.47 Å². The summed E-state index contributed by atoms with van der Waals surface area (Å²) < 4.78 is 12.4. The SMILES string of the molecule is CCOc1ccc(/C=[N+]2\NC(=O)[C@H](NC(=O)c3ccc(OC)cc3)[C@H]2c2ccc(C)cc2)cc1. The van der Waals surface area contributed by atoms with Crippen LogP contribution in [0.25, 0.3) is 0 Å². The van der Waals surface area contributed by atoms with Gasteiger partial charge < -0.3 is 14.8 Å². The summed E-state index contributed by atoms with van der Waals surface area (Å²) in [7, 11) is 1.57. The Morgan fingerprint density at radius 1 is 1.00 bits per heavy atom. The normalized spacial score (nSPS) is 18.4. The number of aryl methyl sites for hydroxylation is 1. The van der Waals surface area contributed by atoms with Crippen LogP contribution in [0.3, 0.4) is 0 Å². The molecule has 34 heavy (non-hydrogen) atoms. The molecule has 0 saturated carbocycles. The van der Waals surface area contributed by atoms with E-state index in [0.717, 1.165) is 22.4 Å². The van der Waals surface area contributed by atoms with E-state index in [0.29, 0.717) is 17.9 Å². The second-order valence-corrected chi connectivity index (χ2v) is 8.05. The number of methoxy groups -OCH3 is 1. The number of carbonyl (C=O) groups excluding carboxylic acids is 2. The minimum atomic E-state index is -0.781. The zero-order chi connectivity index (χ0) is 24.1. The number of carbonyl (C=O) groups is 2. The molecule has 0 spiro atoms. The molecule has 1 fully saturated rings. The van der Waals surface area contributed by atoms with E-state index in [2.05, 4.69) is 10.7 Å². The Balaban J connectivity index is 1.65. The third kappa shape index (κ3) is 5.09. The first kappa shape index (κ1) is 23.0. The lowest BCUT2D eigenvalue weighted by Crippen LogP contribution is -2.42. The van der Waals surface area contributed by atoms with Crippen LogP contribution in [0, 0.1) is 6.92 Å². The van der Waals surface area contributed by atoms with Crippen molar-refractivity contribution in [3.05, 3.63) is 95.1 Å². The average Bonchev–Trinajstić information content (AvgIpc) is 3.15. The Morgan fingerprint density at radius 2 is 1.65 bits per heavy atom. The summed E-state index contributed by atoms with van der Waals surface area (Å²) in [6.07, 6.45) is 1.86. The second-order valence-electron chi connectivity index (χ2n) is 8.05. The highest BCUT2D eigenvalue weighted by atomic mass is 16.5. The third-order valence-electron chi connectivity index (χ3n) is 5.67. The summed E-state index contributed by atoms with van der Waals surface area (Å²) >= 11 is 0. The van der Waals surface area contributed by atoms with Crippen LogP contribution in [-0.2, 0) is 4.79 Å². The number of hydrazone groups is 1. The molecule has 2 atom stereocenters. The van der Waals surface area contributed by atoms with Gasteiger partial charge in [0.2, 0.25) is 12.3 Å². The molecule has 3 aromatic rings. The summed E-state index contributed by atoms with van der Waals surface area (Å²) in [6.45, 7) is 4.54. The lowest BCUT2D eigenvalue weighted by Gasteiger charge is -2.15. The molecular formula is C27H28N3O4+. The number of nitrogens with one attached hydrogen (secondary N) is 2. The van der Waals surface area contributed by atoms with E-state index in [1.807, 2.05) is 68.6 Å². The minimum Gasteiger partial charge on any atom is -0.497 e. The molecule has 1 saturated heterocycles. The quantitative estimate of drug-likeness (QED) is 0.532. The number of amides is 2. The highest BCUT2D eigenvalue weighted by Gasteiger charge is 2.47. The lowest BCUT2D eigenvalue weighted by atomic mass is 9.98. The van der Waals surface area contributed by atoms with Crippen LogP contribution < -0.4 is 20.2 Å². The zero-order valence-electron chi connectivity index (χ0n) is 19.4. The fraction of sp³-hybridized carbons (Fsp3) is 0.222. The zero-order valence-corrected chi connectivity index (χ0v) is 19.4. The summed E-state index contributed by atoms with van der Waals surface area (Å²) in [5.74, 6) is 0.825. The molecular weight excluding hydrogens is 430 g/mol. The van der Waals surface area contributed by atoms with E-state index in [9.17, 15) is 9.59 Å². The smallest absolute Gasteiger partial charge is 0.304 e. The first-order valence-electron chi connectivity index (χ1n) is 11.2. The molecule has 0 bridgehead atoms. The first-order valence-corrected chi connectivity index (χ1v) is 11.2. The fourth-order valence-electron chi connectivity index (χ4n) is 3.89. The van der Waals surface area contributed by atoms with Crippen LogP contribution in [0.1, 0.15) is 40.0 Å². The van der Waals surface area contributed by atoms with E-state index in [-0.39, 0.29) is 11.8 Å². The summed E-state index contributed by atoms with van der Waals surface area (Å²) in [4.78, 5) is 26.0. The van der Waals surface area contributed by atoms with Gasteiger partial charge in [-0.1, -0.05) is 29.8 Å². The van der Waals surface area contributed by atoms with Gasteiger partial charge in [0.05, 0.1) is 13.7 Å². The molecule has 3 aromatic carbocycles. The molecule has 0 unspecified atom stereocenters. The Hall–Kier alpha value is -4.13. The topological polar surface area (TPSA) is 79.7 Å². The minimum absolute atomic E-state index is 0.283. The van der Waals surface area contributed by atoms with Crippen LogP contribution in [-0.4, -0.2) is 42.5 Å². The monoisotopic (exact) mass is 458 g/mol. The summed E-state index contributed by atoms with van der Waals surface area (Å²) in [5.41, 5.74) is 6.27. The molecule has 0 aliphatic carbocycles. The van der Waals surface area contributed by atoms with Crippen LogP contribution in [0.15, 0.2) is 72.8 Å². The van der Waals surface area contributed by atoms with Crippen molar-refractivity contribution in [2.24, 2.45) is 0 Å². The van der Waals surface area contributed by atoms with Gasteiger partial charge in [0.25, 0.3) is 5.91 Å². The van der Waals surface area contributed by atoms with Crippen LogP contribution in [0.2, 0.25) is 0 Å². The van der Waals surface area contributed by atoms with E-state index in [1.165, 1.54) is 0 Å². The molecule has 1 aliphatic rings. The third-order valence-corrected chi connectivity index (χ3v) is 5.67. The predicted molar refractivity (Wildman–Crippen MR) is 129 cm³/mol. The maximum Gasteiger partial charge on any atom is 0.304 e. The molecule has 7 nitrogen and oxygen atoms in total. The van der Waals surface area contributed by atoms with Gasteiger partial charge in [-0.2, -0.15) is 0 Å². The number of nitrogens with zero attached hydrogens (tertiary/aromatic N) is 1. The summed E-state index contributed by atoms with van der Waals surface area (Å²) in [5, 5.41) is 2.91. The molecule has 1 aliphatic heterocycles. The molecule has 4 rings (SSSR count). The number of hydrazine groups is 1. The number of benzene rings is 3. The lowest BCUT2D eigenvalue weighted by molar-refractivity contribution is -0.596. The van der Waals surface area contributed by atoms with Gasteiger partial charge in [0, 0.05) is 16.7 Å². The van der Waals surface area contributed by atoms with E-state index < -0.39 is 12.1 Å². The highest BCUT2D eigenvalue weighted by molar-refractivity contribution is 5.98. The Morgan fingerprint density at radius 3 is 2.26 bits per heavy atom. The van der Waals surface area contributed by atoms with Gasteiger partial charge in [-0.25, -0.2) is 0 Å². The molecule has 7 heteroatoms. The van der Waals surface area contributed by atoms with Gasteiger partial charge in [-0.3, -0.25) is 9.59 Å². The Bertz CT molecular complexity index is 1190. The largest absolute Gasteiger partial charge is 0.497 e. The van der Waals surface area contributed by atoms with Crippen LogP contribution >= 0.6 is 0 Å². The van der Waals surface area contributed by atoms with Crippen LogP contribution in [0.5, 0.6) is 11.5 Å². The first-order chi connectivity index (χ1) is 16.5. The van der Waals surface area contributed by atoms with Crippen molar-refractivity contribution in [3.8, 4) is 11.5 Å². The van der Waals surface area contributed by atoms with Crippen molar-refractivity contribution in [2.75, 3.05) is 13.7 Å². The van der Waals surface area contributed by atoms with Crippen molar-refractivity contribution in [3.63, 3.8) is 0 Å². The maximum absolute atomic E-state index is 13.0. The standard InChI is InChI=1S/C27H27N3O4/c1-4-34-23-13-7-19(8-14-23)17-30-25(20-9-5-18(2)6-10-20)24(27(32)29-30)28-26(31)21-11-15-22(33-3)16-12-21/h5-17,24-25H,4H2,1-3H3,(H-,28,29,31,32)/p+1/b30-17-/t24-,25-/m1/s1. The molecule has 1 heterocycles. The number of hydrogen-bond donors (Lipinski definition) is 2. The van der Waals surface area contributed by atoms with Gasteiger partial charge in [0.1, 0.15) is 11.5 Å². The van der Waals surface area contributed by atoms with Crippen molar-refractivity contribution in [1.82, 2.24) is 10.7 Å². The van der Waals surface area contributed by atoms with Crippen molar-refractivity contribution < 1.29 is 23.7 Å². The van der Waals surface area contributed by atoms with E-state index in [1.54, 1.807) is 36.1 Å². The van der Waals surface area contributed by atoms with Gasteiger partial charge in [-0.15, -0.1) is 10.1 Å². The van der Waals surface area contributed by atoms with Crippen LogP contribution in [0.4, 0.5) is 0 Å². The molecule has 2 amide bonds. The Kier molecular flexibility index (Phi) is 6.92. The van der Waals surface area contributed by atoms with Gasteiger partial charge in [-0.05, 0) is 62.4 Å². The van der Waals surface area contributed by atoms with Crippen molar-refractivity contribution in [1.29, 1.82) is 0 Å². The number of hydrogen-bond acceptors (Lipinski definition) is 4. The molecule has 0 aromatic heterocycles. The predicted octanol–water partition coefficient (Wildman–Crippen LogP) is 3.42. The fourth-order valence-corrected chi connectivity index (χ4v) is 3.89. The molecule has 174 valence electrons. The average molecular weight is 459 g/mol. The number of ether oxygens (including phenoxy) is 2. The van der Waals surface area contributed by atoms with Crippen molar-refractivity contribution in [2.45, 2.75) is 25.9 Å². The molecule has 2 N–H and O–H groups in total. The maximum atomic E-state index is 13.0. The van der Waals surface area contributed by atoms with E-state index >= 15 is 0 Å². The number of rotatable bonds is 7.